The minimum absolute atomic E-state index is 0.0913. The monoisotopic (exact) mass is 272 g/mol. The highest BCUT2D eigenvalue weighted by Crippen LogP contribution is 2.13. The largest absolute Gasteiger partial charge is 0.479 e. The van der Waals surface area contributed by atoms with Gasteiger partial charge in [-0.25, -0.2) is 9.59 Å². The molecule has 0 spiro atoms. The van der Waals surface area contributed by atoms with Crippen molar-refractivity contribution in [2.24, 2.45) is 5.92 Å². The number of hydrogen-bond donors (Lipinski definition) is 2. The normalized spacial score (nSPS) is 21.3. The van der Waals surface area contributed by atoms with Crippen LogP contribution in [-0.2, 0) is 9.53 Å². The first-order valence-electron chi connectivity index (χ1n) is 6.89. The van der Waals surface area contributed by atoms with Crippen molar-refractivity contribution in [3.8, 4) is 0 Å². The quantitative estimate of drug-likeness (QED) is 0.791. The molecular weight excluding hydrogens is 248 g/mol. The number of urea groups is 1. The van der Waals surface area contributed by atoms with Crippen LogP contribution in [0.3, 0.4) is 0 Å². The molecule has 0 saturated carbocycles. The summed E-state index contributed by atoms with van der Waals surface area (Å²) in [5, 5.41) is 11.9. The first-order valence-corrected chi connectivity index (χ1v) is 6.89. The molecule has 1 rings (SSSR count). The molecule has 110 valence electrons. The van der Waals surface area contributed by atoms with Crippen molar-refractivity contribution in [2.75, 3.05) is 19.7 Å². The Balaban J connectivity index is 2.50. The number of nitrogens with zero attached hydrogens (tertiary/aromatic N) is 1. The van der Waals surface area contributed by atoms with Gasteiger partial charge in [0.1, 0.15) is 0 Å². The summed E-state index contributed by atoms with van der Waals surface area (Å²) in [5.74, 6) is -0.578. The first kappa shape index (κ1) is 15.8. The van der Waals surface area contributed by atoms with Crippen molar-refractivity contribution in [1.82, 2.24) is 10.2 Å². The van der Waals surface area contributed by atoms with Crippen LogP contribution in [-0.4, -0.2) is 53.8 Å². The average molecular weight is 272 g/mol. The zero-order valence-electron chi connectivity index (χ0n) is 11.9. The summed E-state index contributed by atoms with van der Waals surface area (Å²) < 4.78 is 5.09. The maximum Gasteiger partial charge on any atom is 0.334 e. The van der Waals surface area contributed by atoms with Gasteiger partial charge in [-0.3, -0.25) is 0 Å². The van der Waals surface area contributed by atoms with Gasteiger partial charge in [-0.2, -0.15) is 0 Å². The van der Waals surface area contributed by atoms with Gasteiger partial charge in [-0.1, -0.05) is 26.7 Å². The van der Waals surface area contributed by atoms with Crippen molar-refractivity contribution < 1.29 is 19.4 Å². The molecule has 0 aliphatic carbocycles. The number of rotatable bonds is 5. The van der Waals surface area contributed by atoms with Crippen molar-refractivity contribution in [3.63, 3.8) is 0 Å². The van der Waals surface area contributed by atoms with E-state index >= 15 is 0 Å². The highest BCUT2D eigenvalue weighted by molar-refractivity contribution is 5.77. The summed E-state index contributed by atoms with van der Waals surface area (Å²) in [6.07, 6.45) is 1.11. The zero-order valence-corrected chi connectivity index (χ0v) is 11.9. The van der Waals surface area contributed by atoms with E-state index in [1.807, 2.05) is 6.92 Å². The lowest BCUT2D eigenvalue weighted by Crippen LogP contribution is -2.54. The number of carboxylic acids is 1. The molecule has 2 N–H and O–H groups in total. The van der Waals surface area contributed by atoms with E-state index in [-0.39, 0.29) is 25.2 Å². The van der Waals surface area contributed by atoms with Gasteiger partial charge in [0.2, 0.25) is 0 Å². The Bertz CT molecular complexity index is 318. The molecule has 0 radical (unpaired) electrons. The number of aliphatic carboxylic acids is 1. The Kier molecular flexibility index (Phi) is 6.08. The number of morpholine rings is 1. The molecule has 0 bridgehead atoms. The van der Waals surface area contributed by atoms with Gasteiger partial charge in [0.05, 0.1) is 13.2 Å². The molecule has 1 aliphatic heterocycles. The Labute approximate surface area is 114 Å². The number of nitrogens with one attached hydrogen (secondary N) is 1. The smallest absolute Gasteiger partial charge is 0.334 e. The minimum atomic E-state index is -1.02. The summed E-state index contributed by atoms with van der Waals surface area (Å²) in [7, 11) is 0. The molecule has 0 aromatic rings. The third kappa shape index (κ3) is 4.38. The molecule has 1 aliphatic rings. The molecule has 6 nitrogen and oxygen atoms in total. The second kappa shape index (κ2) is 7.33. The predicted molar refractivity (Wildman–Crippen MR) is 71.0 cm³/mol. The lowest BCUT2D eigenvalue weighted by Gasteiger charge is -2.33. The Morgan fingerprint density at radius 1 is 1.42 bits per heavy atom. The van der Waals surface area contributed by atoms with Crippen molar-refractivity contribution in [3.05, 3.63) is 0 Å². The van der Waals surface area contributed by atoms with Crippen molar-refractivity contribution >= 4 is 12.0 Å². The highest BCUT2D eigenvalue weighted by atomic mass is 16.5. The van der Waals surface area contributed by atoms with Crippen LogP contribution >= 0.6 is 0 Å². The Hall–Kier alpha value is -1.30. The minimum Gasteiger partial charge on any atom is -0.479 e. The van der Waals surface area contributed by atoms with Crippen LogP contribution in [0.25, 0.3) is 0 Å². The zero-order chi connectivity index (χ0) is 14.4. The van der Waals surface area contributed by atoms with Gasteiger partial charge in [0.15, 0.2) is 6.10 Å². The van der Waals surface area contributed by atoms with Crippen LogP contribution in [0.4, 0.5) is 4.79 Å². The molecule has 2 unspecified atom stereocenters. The number of carbonyl (C=O) groups excluding carboxylic acids is 1. The number of hydrogen-bond acceptors (Lipinski definition) is 3. The second-order valence-electron chi connectivity index (χ2n) is 4.96. The van der Waals surface area contributed by atoms with Gasteiger partial charge < -0.3 is 20.1 Å². The van der Waals surface area contributed by atoms with Gasteiger partial charge in [-0.05, 0) is 12.8 Å². The van der Waals surface area contributed by atoms with E-state index in [0.717, 1.165) is 12.8 Å². The van der Waals surface area contributed by atoms with Crippen LogP contribution in [0.2, 0.25) is 0 Å². The summed E-state index contributed by atoms with van der Waals surface area (Å²) in [6, 6.07) is -0.109. The molecular formula is C13H24N2O4. The number of ether oxygens (including phenoxy) is 1. The van der Waals surface area contributed by atoms with Crippen molar-refractivity contribution in [2.45, 2.75) is 45.8 Å². The molecule has 2 atom stereocenters. The number of carbonyl (C=O) groups is 2. The first-order chi connectivity index (χ1) is 8.99. The topological polar surface area (TPSA) is 78.9 Å². The molecule has 1 saturated heterocycles. The lowest BCUT2D eigenvalue weighted by atomic mass is 9.96. The van der Waals surface area contributed by atoms with Gasteiger partial charge in [0, 0.05) is 12.6 Å². The van der Waals surface area contributed by atoms with Gasteiger partial charge in [0.25, 0.3) is 0 Å². The van der Waals surface area contributed by atoms with Crippen LogP contribution in [0.1, 0.15) is 33.6 Å². The fraction of sp³-hybridized carbons (Fsp3) is 0.846. The molecule has 0 aromatic carbocycles. The molecule has 1 heterocycles. The summed E-state index contributed by atoms with van der Waals surface area (Å²) >= 11 is 0. The maximum atomic E-state index is 12.1. The lowest BCUT2D eigenvalue weighted by molar-refractivity contribution is -0.154. The standard InChI is InChI=1S/C13H24N2O4/c1-4-10(5-2)9(3)14-13(18)15-6-7-19-11(8-15)12(16)17/h9-11H,4-8H2,1-3H3,(H,14,18)(H,16,17). The molecule has 6 heteroatoms. The number of amides is 2. The van der Waals surface area contributed by atoms with E-state index in [2.05, 4.69) is 19.2 Å². The summed E-state index contributed by atoms with van der Waals surface area (Å²) in [4.78, 5) is 24.5. The fourth-order valence-corrected chi connectivity index (χ4v) is 2.38. The average Bonchev–Trinajstić information content (AvgIpc) is 2.40. The molecule has 1 fully saturated rings. The fourth-order valence-electron chi connectivity index (χ4n) is 2.38. The van der Waals surface area contributed by atoms with Gasteiger partial charge in [-0.15, -0.1) is 0 Å². The molecule has 2 amide bonds. The van der Waals surface area contributed by atoms with E-state index in [1.165, 1.54) is 4.90 Å². The molecule has 0 aromatic heterocycles. The predicted octanol–water partition coefficient (Wildman–Crippen LogP) is 1.31. The van der Waals surface area contributed by atoms with E-state index < -0.39 is 12.1 Å². The summed E-state index contributed by atoms with van der Waals surface area (Å²) in [6.45, 7) is 7.01. The van der Waals surface area contributed by atoms with E-state index in [1.54, 1.807) is 0 Å². The van der Waals surface area contributed by atoms with E-state index in [0.29, 0.717) is 12.5 Å². The van der Waals surface area contributed by atoms with Crippen LogP contribution in [0, 0.1) is 5.92 Å². The second-order valence-corrected chi connectivity index (χ2v) is 4.96. The number of carboxylic acid groups (broad SMARTS) is 1. The van der Waals surface area contributed by atoms with Crippen molar-refractivity contribution in [1.29, 1.82) is 0 Å². The van der Waals surface area contributed by atoms with Crippen LogP contribution < -0.4 is 5.32 Å². The molecule has 19 heavy (non-hydrogen) atoms. The van der Waals surface area contributed by atoms with E-state index in [9.17, 15) is 9.59 Å². The maximum absolute atomic E-state index is 12.1. The highest BCUT2D eigenvalue weighted by Gasteiger charge is 2.29. The third-order valence-electron chi connectivity index (χ3n) is 3.74. The Morgan fingerprint density at radius 2 is 2.05 bits per heavy atom. The van der Waals surface area contributed by atoms with Gasteiger partial charge >= 0.3 is 12.0 Å². The SMILES string of the molecule is CCC(CC)C(C)NC(=O)N1CCOC(C(=O)O)C1. The van der Waals surface area contributed by atoms with Crippen LogP contribution in [0.15, 0.2) is 0 Å². The Morgan fingerprint density at radius 3 is 2.58 bits per heavy atom. The van der Waals surface area contributed by atoms with E-state index in [4.69, 9.17) is 9.84 Å². The summed E-state index contributed by atoms with van der Waals surface area (Å²) in [5.41, 5.74) is 0. The third-order valence-corrected chi connectivity index (χ3v) is 3.74. The van der Waals surface area contributed by atoms with Crippen LogP contribution in [0.5, 0.6) is 0 Å².